The van der Waals surface area contributed by atoms with Crippen molar-refractivity contribution in [1.82, 2.24) is 10.6 Å². The lowest BCUT2D eigenvalue weighted by atomic mass is 10.0. The highest BCUT2D eigenvalue weighted by Gasteiger charge is 2.29. The van der Waals surface area contributed by atoms with Crippen molar-refractivity contribution in [2.24, 2.45) is 4.99 Å². The van der Waals surface area contributed by atoms with Crippen LogP contribution in [-0.2, 0) is 11.2 Å². The topological polar surface area (TPSA) is 45.7 Å². The van der Waals surface area contributed by atoms with Crippen molar-refractivity contribution in [3.63, 3.8) is 0 Å². The lowest BCUT2D eigenvalue weighted by Gasteiger charge is -2.21. The molecular formula is C15H25N3OS. The van der Waals surface area contributed by atoms with Gasteiger partial charge in [-0.2, -0.15) is 0 Å². The Morgan fingerprint density at radius 2 is 2.40 bits per heavy atom. The first kappa shape index (κ1) is 15.3. The lowest BCUT2D eigenvalue weighted by Crippen LogP contribution is -2.40. The quantitative estimate of drug-likeness (QED) is 0.626. The van der Waals surface area contributed by atoms with E-state index >= 15 is 0 Å². The maximum Gasteiger partial charge on any atom is 0.191 e. The van der Waals surface area contributed by atoms with E-state index in [9.17, 15) is 0 Å². The Morgan fingerprint density at radius 3 is 3.05 bits per heavy atom. The zero-order chi connectivity index (χ0) is 14.3. The molecule has 1 saturated heterocycles. The summed E-state index contributed by atoms with van der Waals surface area (Å²) in [7, 11) is 0. The molecule has 1 aromatic heterocycles. The van der Waals surface area contributed by atoms with E-state index in [4.69, 9.17) is 4.74 Å². The van der Waals surface area contributed by atoms with Crippen LogP contribution in [0, 0.1) is 0 Å². The predicted molar refractivity (Wildman–Crippen MR) is 85.6 cm³/mol. The van der Waals surface area contributed by atoms with Crippen LogP contribution in [0.2, 0.25) is 0 Å². The molecule has 5 heteroatoms. The summed E-state index contributed by atoms with van der Waals surface area (Å²) in [5.41, 5.74) is -0.0733. The minimum absolute atomic E-state index is 0.0733. The molecule has 1 aromatic rings. The van der Waals surface area contributed by atoms with Gasteiger partial charge in [0.1, 0.15) is 0 Å². The number of ether oxygens (including phenoxy) is 1. The van der Waals surface area contributed by atoms with E-state index in [1.54, 1.807) is 11.3 Å². The number of aliphatic imine (C=N–C) groups is 1. The average molecular weight is 295 g/mol. The van der Waals surface area contributed by atoms with E-state index in [0.29, 0.717) is 0 Å². The van der Waals surface area contributed by atoms with Crippen LogP contribution >= 0.6 is 11.3 Å². The van der Waals surface area contributed by atoms with Crippen LogP contribution < -0.4 is 10.6 Å². The predicted octanol–water partition coefficient (Wildman–Crippen LogP) is 2.41. The van der Waals surface area contributed by atoms with Gasteiger partial charge >= 0.3 is 0 Å². The second-order valence-corrected chi connectivity index (χ2v) is 6.39. The summed E-state index contributed by atoms with van der Waals surface area (Å²) in [6.45, 7) is 7.62. The van der Waals surface area contributed by atoms with Crippen molar-refractivity contribution in [2.75, 3.05) is 26.2 Å². The van der Waals surface area contributed by atoms with Crippen molar-refractivity contribution in [2.45, 2.75) is 38.7 Å². The molecule has 0 aromatic carbocycles. The summed E-state index contributed by atoms with van der Waals surface area (Å²) in [5.74, 6) is 0.890. The molecule has 2 rings (SSSR count). The molecule has 1 atom stereocenters. The van der Waals surface area contributed by atoms with Gasteiger partial charge in [-0.1, -0.05) is 6.07 Å². The number of nitrogens with zero attached hydrogens (tertiary/aromatic N) is 1. The third-order valence-electron chi connectivity index (χ3n) is 3.46. The lowest BCUT2D eigenvalue weighted by molar-refractivity contribution is 0.0283. The molecule has 2 N–H and O–H groups in total. The molecule has 4 nitrogen and oxygen atoms in total. The molecular weight excluding hydrogens is 270 g/mol. The number of rotatable bonds is 6. The third kappa shape index (κ3) is 4.80. The molecule has 2 heterocycles. The number of hydrogen-bond acceptors (Lipinski definition) is 3. The van der Waals surface area contributed by atoms with Gasteiger partial charge in [0, 0.05) is 24.6 Å². The molecule has 1 aliphatic rings. The smallest absolute Gasteiger partial charge is 0.191 e. The first-order valence-electron chi connectivity index (χ1n) is 7.40. The van der Waals surface area contributed by atoms with Gasteiger partial charge in [0.15, 0.2) is 5.96 Å². The monoisotopic (exact) mass is 295 g/mol. The molecule has 1 aliphatic heterocycles. The molecule has 0 aliphatic carbocycles. The van der Waals surface area contributed by atoms with Crippen molar-refractivity contribution >= 4 is 17.3 Å². The fourth-order valence-electron chi connectivity index (χ4n) is 2.31. The average Bonchev–Trinajstić information content (AvgIpc) is 3.08. The molecule has 0 saturated carbocycles. The summed E-state index contributed by atoms with van der Waals surface area (Å²) in [5, 5.41) is 8.80. The van der Waals surface area contributed by atoms with E-state index in [1.807, 2.05) is 0 Å². The number of hydrogen-bond donors (Lipinski definition) is 2. The van der Waals surface area contributed by atoms with E-state index in [-0.39, 0.29) is 5.60 Å². The highest BCUT2D eigenvalue weighted by Crippen LogP contribution is 2.24. The Balaban J connectivity index is 1.79. The van der Waals surface area contributed by atoms with Gasteiger partial charge in [0.25, 0.3) is 0 Å². The van der Waals surface area contributed by atoms with E-state index in [1.165, 1.54) is 4.88 Å². The van der Waals surface area contributed by atoms with Crippen LogP contribution in [0.5, 0.6) is 0 Å². The van der Waals surface area contributed by atoms with Gasteiger partial charge in [-0.3, -0.25) is 4.99 Å². The SMILES string of the molecule is CCNC(=NCC1(C)CCCO1)NCCc1cccs1. The fraction of sp³-hybridized carbons (Fsp3) is 0.667. The largest absolute Gasteiger partial charge is 0.373 e. The highest BCUT2D eigenvalue weighted by atomic mass is 32.1. The summed E-state index contributed by atoms with van der Waals surface area (Å²) >= 11 is 1.80. The van der Waals surface area contributed by atoms with Crippen LogP contribution in [0.4, 0.5) is 0 Å². The summed E-state index contributed by atoms with van der Waals surface area (Å²) in [6.07, 6.45) is 3.29. The minimum atomic E-state index is -0.0733. The van der Waals surface area contributed by atoms with E-state index in [0.717, 1.165) is 51.5 Å². The molecule has 1 fully saturated rings. The van der Waals surface area contributed by atoms with Gasteiger partial charge in [0.2, 0.25) is 0 Å². The van der Waals surface area contributed by atoms with Crippen LogP contribution in [0.3, 0.4) is 0 Å². The van der Waals surface area contributed by atoms with Crippen LogP contribution in [0.1, 0.15) is 31.6 Å². The zero-order valence-corrected chi connectivity index (χ0v) is 13.3. The molecule has 0 bridgehead atoms. The first-order valence-corrected chi connectivity index (χ1v) is 8.28. The van der Waals surface area contributed by atoms with Crippen LogP contribution in [0.25, 0.3) is 0 Å². The van der Waals surface area contributed by atoms with Crippen molar-refractivity contribution in [1.29, 1.82) is 0 Å². The standard InChI is InChI=1S/C15H25N3OS/c1-3-16-14(17-9-7-13-6-4-11-20-13)18-12-15(2)8-5-10-19-15/h4,6,11H,3,5,7-10,12H2,1-2H3,(H2,16,17,18). The summed E-state index contributed by atoms with van der Waals surface area (Å²) < 4.78 is 5.77. The molecule has 0 radical (unpaired) electrons. The molecule has 0 amide bonds. The minimum Gasteiger partial charge on any atom is -0.373 e. The van der Waals surface area contributed by atoms with Gasteiger partial charge in [-0.15, -0.1) is 11.3 Å². The van der Waals surface area contributed by atoms with Crippen LogP contribution in [0.15, 0.2) is 22.5 Å². The number of nitrogens with one attached hydrogen (secondary N) is 2. The second-order valence-electron chi connectivity index (χ2n) is 5.35. The van der Waals surface area contributed by atoms with Gasteiger partial charge < -0.3 is 15.4 Å². The number of thiophene rings is 1. The second kappa shape index (κ2) is 7.64. The zero-order valence-electron chi connectivity index (χ0n) is 12.4. The normalized spacial score (nSPS) is 23.0. The van der Waals surface area contributed by atoms with E-state index < -0.39 is 0 Å². The first-order chi connectivity index (χ1) is 9.72. The Morgan fingerprint density at radius 1 is 1.50 bits per heavy atom. The third-order valence-corrected chi connectivity index (χ3v) is 4.40. The van der Waals surface area contributed by atoms with Crippen molar-refractivity contribution < 1.29 is 4.74 Å². The fourth-order valence-corrected chi connectivity index (χ4v) is 3.02. The summed E-state index contributed by atoms with van der Waals surface area (Å²) in [6, 6.07) is 4.27. The Bertz CT molecular complexity index is 411. The molecule has 112 valence electrons. The van der Waals surface area contributed by atoms with Crippen LogP contribution in [-0.4, -0.2) is 37.8 Å². The van der Waals surface area contributed by atoms with Gasteiger partial charge in [-0.05, 0) is 44.6 Å². The van der Waals surface area contributed by atoms with Gasteiger partial charge in [0.05, 0.1) is 12.1 Å². The number of guanidine groups is 1. The highest BCUT2D eigenvalue weighted by molar-refractivity contribution is 7.09. The maximum absolute atomic E-state index is 5.77. The van der Waals surface area contributed by atoms with E-state index in [2.05, 4.69) is 47.0 Å². The van der Waals surface area contributed by atoms with Crippen molar-refractivity contribution in [3.8, 4) is 0 Å². The van der Waals surface area contributed by atoms with Gasteiger partial charge in [-0.25, -0.2) is 0 Å². The summed E-state index contributed by atoms with van der Waals surface area (Å²) in [4.78, 5) is 6.06. The Kier molecular flexibility index (Phi) is 5.86. The van der Waals surface area contributed by atoms with Crippen molar-refractivity contribution in [3.05, 3.63) is 22.4 Å². The Labute approximate surface area is 125 Å². The Hall–Kier alpha value is -1.07. The molecule has 20 heavy (non-hydrogen) atoms. The molecule has 1 unspecified atom stereocenters. The molecule has 0 spiro atoms. The maximum atomic E-state index is 5.77.